The van der Waals surface area contributed by atoms with Gasteiger partial charge in [0.25, 0.3) is 0 Å². The monoisotopic (exact) mass is 264 g/mol. The minimum absolute atomic E-state index is 0.0982. The van der Waals surface area contributed by atoms with Gasteiger partial charge in [-0.05, 0) is 32.7 Å². The molecule has 0 spiro atoms. The van der Waals surface area contributed by atoms with Gasteiger partial charge < -0.3 is 4.84 Å². The van der Waals surface area contributed by atoms with E-state index in [4.69, 9.17) is 4.84 Å². The summed E-state index contributed by atoms with van der Waals surface area (Å²) in [6.07, 6.45) is 10.0. The van der Waals surface area contributed by atoms with Crippen molar-refractivity contribution in [2.45, 2.75) is 69.9 Å². The van der Waals surface area contributed by atoms with Gasteiger partial charge in [-0.15, -0.1) is 0 Å². The maximum Gasteiger partial charge on any atom is 0.338 e. The standard InChI is InChI=1S/C15H24N2O2/c1-17-13-7-8-14(17)10-12(9-13)16-19-15(18)11-5-3-2-4-6-11/h11,13-14H,2-10H2,1H3/t13-,14-/m0/s1. The first-order valence-electron chi connectivity index (χ1n) is 7.72. The van der Waals surface area contributed by atoms with Crippen LogP contribution in [-0.4, -0.2) is 35.7 Å². The van der Waals surface area contributed by atoms with E-state index < -0.39 is 0 Å². The fourth-order valence-corrected chi connectivity index (χ4v) is 3.81. The van der Waals surface area contributed by atoms with Gasteiger partial charge in [0.2, 0.25) is 0 Å². The van der Waals surface area contributed by atoms with E-state index in [0.717, 1.165) is 44.2 Å². The lowest BCUT2D eigenvalue weighted by atomic mass is 9.89. The largest absolute Gasteiger partial charge is 0.338 e. The Morgan fingerprint density at radius 3 is 2.37 bits per heavy atom. The molecule has 106 valence electrons. The molecule has 4 nitrogen and oxygen atoms in total. The van der Waals surface area contributed by atoms with E-state index in [9.17, 15) is 4.79 Å². The minimum Gasteiger partial charge on any atom is -0.318 e. The summed E-state index contributed by atoms with van der Waals surface area (Å²) in [4.78, 5) is 19.6. The molecular weight excluding hydrogens is 240 g/mol. The average Bonchev–Trinajstić information content (AvgIpc) is 2.68. The van der Waals surface area contributed by atoms with E-state index in [1.165, 1.54) is 19.3 Å². The van der Waals surface area contributed by atoms with Gasteiger partial charge in [0.1, 0.15) is 0 Å². The molecule has 1 saturated carbocycles. The van der Waals surface area contributed by atoms with Crippen LogP contribution in [0.25, 0.3) is 0 Å². The molecule has 0 aromatic heterocycles. The predicted octanol–water partition coefficient (Wildman–Crippen LogP) is 2.72. The summed E-state index contributed by atoms with van der Waals surface area (Å²) < 4.78 is 0. The highest BCUT2D eigenvalue weighted by Gasteiger charge is 2.37. The molecular formula is C15H24N2O2. The number of nitrogens with zero attached hydrogens (tertiary/aromatic N) is 2. The van der Waals surface area contributed by atoms with Crippen LogP contribution in [0.1, 0.15) is 57.8 Å². The summed E-state index contributed by atoms with van der Waals surface area (Å²) in [5.74, 6) is -0.000406. The van der Waals surface area contributed by atoms with Crippen LogP contribution in [0.15, 0.2) is 5.16 Å². The number of carbonyl (C=O) groups excluding carboxylic acids is 1. The topological polar surface area (TPSA) is 41.9 Å². The van der Waals surface area contributed by atoms with Gasteiger partial charge in [-0.25, -0.2) is 4.79 Å². The molecule has 3 rings (SSSR count). The van der Waals surface area contributed by atoms with Crippen molar-refractivity contribution >= 4 is 11.7 Å². The Bertz CT molecular complexity index is 358. The number of carbonyl (C=O) groups is 1. The summed E-state index contributed by atoms with van der Waals surface area (Å²) in [5, 5.41) is 4.17. The van der Waals surface area contributed by atoms with E-state index >= 15 is 0 Å². The van der Waals surface area contributed by atoms with Crippen molar-refractivity contribution in [1.29, 1.82) is 0 Å². The van der Waals surface area contributed by atoms with Crippen molar-refractivity contribution < 1.29 is 9.63 Å². The first-order chi connectivity index (χ1) is 9.24. The average molecular weight is 264 g/mol. The molecule has 3 aliphatic rings. The van der Waals surface area contributed by atoms with Crippen molar-refractivity contribution in [1.82, 2.24) is 4.90 Å². The van der Waals surface area contributed by atoms with Gasteiger partial charge >= 0.3 is 5.97 Å². The fourth-order valence-electron chi connectivity index (χ4n) is 3.81. The molecule has 0 amide bonds. The molecule has 1 aliphatic carbocycles. The number of hydrogen-bond donors (Lipinski definition) is 0. The number of oxime groups is 1. The van der Waals surface area contributed by atoms with E-state index in [0.29, 0.717) is 12.1 Å². The lowest BCUT2D eigenvalue weighted by Gasteiger charge is -2.31. The van der Waals surface area contributed by atoms with Crippen LogP contribution >= 0.6 is 0 Å². The van der Waals surface area contributed by atoms with Crippen LogP contribution < -0.4 is 0 Å². The van der Waals surface area contributed by atoms with Crippen molar-refractivity contribution in [2.75, 3.05) is 7.05 Å². The highest BCUT2D eigenvalue weighted by Crippen LogP contribution is 2.33. The van der Waals surface area contributed by atoms with Gasteiger partial charge in [-0.3, -0.25) is 4.90 Å². The van der Waals surface area contributed by atoms with Gasteiger partial charge in [-0.2, -0.15) is 0 Å². The second kappa shape index (κ2) is 5.61. The highest BCUT2D eigenvalue weighted by molar-refractivity contribution is 5.87. The highest BCUT2D eigenvalue weighted by atomic mass is 16.7. The third-order valence-electron chi connectivity index (χ3n) is 5.13. The predicted molar refractivity (Wildman–Crippen MR) is 73.9 cm³/mol. The molecule has 4 heteroatoms. The summed E-state index contributed by atoms with van der Waals surface area (Å²) in [5.41, 5.74) is 1.09. The second-order valence-corrected chi connectivity index (χ2v) is 6.36. The molecule has 2 bridgehead atoms. The van der Waals surface area contributed by atoms with E-state index in [1.807, 2.05) is 0 Å². The zero-order valence-electron chi connectivity index (χ0n) is 11.8. The number of rotatable bonds is 2. The molecule has 0 radical (unpaired) electrons. The maximum atomic E-state index is 11.9. The molecule has 0 aromatic carbocycles. The number of fused-ring (bicyclic) bond motifs is 2. The maximum absolute atomic E-state index is 11.9. The van der Waals surface area contributed by atoms with Gasteiger partial charge in [0, 0.05) is 24.9 Å². The first kappa shape index (κ1) is 13.1. The number of hydrogen-bond acceptors (Lipinski definition) is 4. The van der Waals surface area contributed by atoms with E-state index in [1.54, 1.807) is 0 Å². The molecule has 2 atom stereocenters. The van der Waals surface area contributed by atoms with Crippen LogP contribution in [0.4, 0.5) is 0 Å². The van der Waals surface area contributed by atoms with Gasteiger partial charge in [0.15, 0.2) is 0 Å². The molecule has 19 heavy (non-hydrogen) atoms. The van der Waals surface area contributed by atoms with Gasteiger partial charge in [-0.1, -0.05) is 24.4 Å². The SMILES string of the molecule is CN1[C@H]2CC[C@H]1CC(=NOC(=O)C1CCCCC1)C2. The Kier molecular flexibility index (Phi) is 3.87. The summed E-state index contributed by atoms with van der Waals surface area (Å²) in [6.45, 7) is 0. The Balaban J connectivity index is 1.53. The van der Waals surface area contributed by atoms with E-state index in [2.05, 4.69) is 17.1 Å². The normalized spacial score (nSPS) is 32.4. The Morgan fingerprint density at radius 1 is 1.11 bits per heavy atom. The van der Waals surface area contributed by atoms with Crippen molar-refractivity contribution in [3.05, 3.63) is 0 Å². The number of piperidine rings is 1. The molecule has 0 aromatic rings. The molecule has 3 fully saturated rings. The quantitative estimate of drug-likeness (QED) is 0.569. The molecule has 0 N–H and O–H groups in total. The third-order valence-corrected chi connectivity index (χ3v) is 5.13. The van der Waals surface area contributed by atoms with Crippen LogP contribution in [0.2, 0.25) is 0 Å². The van der Waals surface area contributed by atoms with Crippen molar-refractivity contribution in [3.63, 3.8) is 0 Å². The summed E-state index contributed by atoms with van der Waals surface area (Å²) in [7, 11) is 2.20. The van der Waals surface area contributed by atoms with Gasteiger partial charge in [0.05, 0.1) is 11.6 Å². The summed E-state index contributed by atoms with van der Waals surface area (Å²) >= 11 is 0. The van der Waals surface area contributed by atoms with Crippen LogP contribution in [0.3, 0.4) is 0 Å². The zero-order chi connectivity index (χ0) is 13.2. The fraction of sp³-hybridized carbons (Fsp3) is 0.867. The Labute approximate surface area is 115 Å². The summed E-state index contributed by atoms with van der Waals surface area (Å²) in [6, 6.07) is 1.23. The minimum atomic E-state index is -0.0986. The molecule has 2 saturated heterocycles. The van der Waals surface area contributed by atoms with Crippen LogP contribution in [0.5, 0.6) is 0 Å². The van der Waals surface area contributed by atoms with Crippen LogP contribution in [0, 0.1) is 5.92 Å². The van der Waals surface area contributed by atoms with Crippen molar-refractivity contribution in [3.8, 4) is 0 Å². The Hall–Kier alpha value is -0.900. The first-order valence-corrected chi connectivity index (χ1v) is 7.72. The second-order valence-electron chi connectivity index (χ2n) is 6.36. The molecule has 2 aliphatic heterocycles. The zero-order valence-corrected chi connectivity index (χ0v) is 11.8. The lowest BCUT2D eigenvalue weighted by molar-refractivity contribution is -0.149. The lowest BCUT2D eigenvalue weighted by Crippen LogP contribution is -2.40. The van der Waals surface area contributed by atoms with Crippen LogP contribution in [-0.2, 0) is 9.63 Å². The Morgan fingerprint density at radius 2 is 1.74 bits per heavy atom. The smallest absolute Gasteiger partial charge is 0.318 e. The molecule has 2 heterocycles. The third kappa shape index (κ3) is 2.83. The van der Waals surface area contributed by atoms with Crippen molar-refractivity contribution in [2.24, 2.45) is 11.1 Å². The molecule has 0 unspecified atom stereocenters. The van der Waals surface area contributed by atoms with E-state index in [-0.39, 0.29) is 11.9 Å².